The van der Waals surface area contributed by atoms with Crippen molar-refractivity contribution in [2.24, 2.45) is 0 Å². The first-order chi connectivity index (χ1) is 13.6. The van der Waals surface area contributed by atoms with Gasteiger partial charge in [0.15, 0.2) is 0 Å². The normalized spacial score (nSPS) is 14.1. The van der Waals surface area contributed by atoms with Crippen molar-refractivity contribution in [2.75, 3.05) is 36.5 Å². The predicted octanol–water partition coefficient (Wildman–Crippen LogP) is 4.86. The number of hydrogen-bond donors (Lipinski definition) is 1. The van der Waals surface area contributed by atoms with Crippen LogP contribution in [0.3, 0.4) is 0 Å². The molecule has 0 saturated carbocycles. The maximum atomic E-state index is 12.7. The third-order valence-corrected chi connectivity index (χ3v) is 6.05. The van der Waals surface area contributed by atoms with Gasteiger partial charge in [0.05, 0.1) is 18.9 Å². The first kappa shape index (κ1) is 18.9. The van der Waals surface area contributed by atoms with Crippen LogP contribution in [0.25, 0.3) is 10.6 Å². The van der Waals surface area contributed by atoms with E-state index in [1.165, 1.54) is 11.3 Å². The number of hydrogen-bond acceptors (Lipinski definition) is 5. The molecule has 1 aliphatic rings. The van der Waals surface area contributed by atoms with E-state index in [9.17, 15) is 4.79 Å². The summed E-state index contributed by atoms with van der Waals surface area (Å²) >= 11 is 7.33. The lowest BCUT2D eigenvalue weighted by atomic mass is 10.2. The minimum atomic E-state index is -0.144. The van der Waals surface area contributed by atoms with Crippen molar-refractivity contribution in [3.05, 3.63) is 64.1 Å². The standard InChI is InChI=1S/C21H20ClN3O2S/c1-14-19(28-21(23-14)15-2-4-16(22)5-3-15)20(26)24-17-6-8-18(9-7-17)25-10-12-27-13-11-25/h2-9H,10-13H2,1H3,(H,24,26). The van der Waals surface area contributed by atoms with Crippen molar-refractivity contribution in [2.45, 2.75) is 6.92 Å². The van der Waals surface area contributed by atoms with Gasteiger partial charge in [-0.25, -0.2) is 4.98 Å². The molecule has 2 aromatic carbocycles. The molecular formula is C21H20ClN3O2S. The molecule has 0 bridgehead atoms. The molecule has 28 heavy (non-hydrogen) atoms. The van der Waals surface area contributed by atoms with Crippen LogP contribution < -0.4 is 10.2 Å². The predicted molar refractivity (Wildman–Crippen MR) is 115 cm³/mol. The number of anilines is 2. The Balaban J connectivity index is 1.47. The molecule has 1 saturated heterocycles. The van der Waals surface area contributed by atoms with Crippen LogP contribution in [0.5, 0.6) is 0 Å². The van der Waals surface area contributed by atoms with Crippen molar-refractivity contribution in [3.63, 3.8) is 0 Å². The number of amides is 1. The Kier molecular flexibility index (Phi) is 5.62. The van der Waals surface area contributed by atoms with Crippen LogP contribution in [0.15, 0.2) is 48.5 Å². The van der Waals surface area contributed by atoms with E-state index in [4.69, 9.17) is 16.3 Å². The highest BCUT2D eigenvalue weighted by atomic mass is 35.5. The molecule has 0 atom stereocenters. The fourth-order valence-corrected chi connectivity index (χ4v) is 4.18. The first-order valence-corrected chi connectivity index (χ1v) is 10.3. The summed E-state index contributed by atoms with van der Waals surface area (Å²) in [6, 6.07) is 15.4. The second kappa shape index (κ2) is 8.31. The molecule has 3 aromatic rings. The molecule has 0 unspecified atom stereocenters. The Labute approximate surface area is 172 Å². The maximum Gasteiger partial charge on any atom is 0.267 e. The third kappa shape index (κ3) is 4.19. The molecule has 1 N–H and O–H groups in total. The fourth-order valence-electron chi connectivity index (χ4n) is 3.09. The summed E-state index contributed by atoms with van der Waals surface area (Å²) in [5.74, 6) is -0.144. The van der Waals surface area contributed by atoms with Crippen molar-refractivity contribution >= 4 is 40.2 Å². The monoisotopic (exact) mass is 413 g/mol. The first-order valence-electron chi connectivity index (χ1n) is 9.07. The lowest BCUT2D eigenvalue weighted by molar-refractivity contribution is 0.103. The van der Waals surface area contributed by atoms with Gasteiger partial charge in [0.2, 0.25) is 0 Å². The van der Waals surface area contributed by atoms with E-state index in [-0.39, 0.29) is 5.91 Å². The van der Waals surface area contributed by atoms with E-state index in [2.05, 4.69) is 15.2 Å². The lowest BCUT2D eigenvalue weighted by Gasteiger charge is -2.28. The summed E-state index contributed by atoms with van der Waals surface area (Å²) in [6.45, 7) is 5.13. The average molecular weight is 414 g/mol. The number of rotatable bonds is 4. The zero-order valence-corrected chi connectivity index (χ0v) is 17.0. The maximum absolute atomic E-state index is 12.7. The van der Waals surface area contributed by atoms with Crippen LogP contribution in [0.2, 0.25) is 5.02 Å². The molecule has 7 heteroatoms. The Morgan fingerprint density at radius 1 is 1.11 bits per heavy atom. The van der Waals surface area contributed by atoms with Gasteiger partial charge in [-0.3, -0.25) is 4.79 Å². The largest absolute Gasteiger partial charge is 0.378 e. The van der Waals surface area contributed by atoms with Crippen LogP contribution in [-0.4, -0.2) is 37.2 Å². The summed E-state index contributed by atoms with van der Waals surface area (Å²) < 4.78 is 5.39. The van der Waals surface area contributed by atoms with Crippen molar-refractivity contribution in [3.8, 4) is 10.6 Å². The molecule has 2 heterocycles. The Morgan fingerprint density at radius 3 is 2.46 bits per heavy atom. The number of halogens is 1. The third-order valence-electron chi connectivity index (χ3n) is 4.60. The van der Waals surface area contributed by atoms with Gasteiger partial charge in [-0.2, -0.15) is 0 Å². The quantitative estimate of drug-likeness (QED) is 0.663. The number of aryl methyl sites for hydroxylation is 1. The number of benzene rings is 2. The van der Waals surface area contributed by atoms with Crippen LogP contribution in [-0.2, 0) is 4.74 Å². The van der Waals surface area contributed by atoms with Crippen molar-refractivity contribution in [1.82, 2.24) is 4.98 Å². The van der Waals surface area contributed by atoms with E-state index in [1.54, 1.807) is 0 Å². The minimum Gasteiger partial charge on any atom is -0.378 e. The minimum absolute atomic E-state index is 0.144. The Morgan fingerprint density at radius 2 is 1.79 bits per heavy atom. The smallest absolute Gasteiger partial charge is 0.267 e. The van der Waals surface area contributed by atoms with Gasteiger partial charge in [0, 0.05) is 35.1 Å². The van der Waals surface area contributed by atoms with Crippen LogP contribution in [0, 0.1) is 6.92 Å². The second-order valence-electron chi connectivity index (χ2n) is 6.54. The number of nitrogens with zero attached hydrogens (tertiary/aromatic N) is 2. The van der Waals surface area contributed by atoms with Crippen molar-refractivity contribution < 1.29 is 9.53 Å². The van der Waals surface area contributed by atoms with E-state index >= 15 is 0 Å². The molecule has 1 fully saturated rings. The van der Waals surface area contributed by atoms with Gasteiger partial charge in [-0.15, -0.1) is 11.3 Å². The van der Waals surface area contributed by atoms with E-state index in [0.29, 0.717) is 9.90 Å². The zero-order chi connectivity index (χ0) is 19.5. The van der Waals surface area contributed by atoms with Crippen LogP contribution in [0.4, 0.5) is 11.4 Å². The number of carbonyl (C=O) groups is 1. The lowest BCUT2D eigenvalue weighted by Crippen LogP contribution is -2.36. The molecule has 0 radical (unpaired) electrons. The van der Waals surface area contributed by atoms with E-state index in [1.807, 2.05) is 55.5 Å². The number of morpholine rings is 1. The molecule has 1 aliphatic heterocycles. The average Bonchev–Trinajstić information content (AvgIpc) is 3.11. The van der Waals surface area contributed by atoms with Gasteiger partial charge in [0.1, 0.15) is 9.88 Å². The summed E-state index contributed by atoms with van der Waals surface area (Å²) in [7, 11) is 0. The van der Waals surface area contributed by atoms with E-state index in [0.717, 1.165) is 53.9 Å². The number of ether oxygens (including phenoxy) is 1. The fraction of sp³-hybridized carbons (Fsp3) is 0.238. The van der Waals surface area contributed by atoms with Gasteiger partial charge in [0.25, 0.3) is 5.91 Å². The van der Waals surface area contributed by atoms with Gasteiger partial charge < -0.3 is 15.0 Å². The summed E-state index contributed by atoms with van der Waals surface area (Å²) in [5, 5.41) is 4.45. The summed E-state index contributed by atoms with van der Waals surface area (Å²) in [6.07, 6.45) is 0. The highest BCUT2D eigenvalue weighted by molar-refractivity contribution is 7.17. The number of thiazole rings is 1. The van der Waals surface area contributed by atoms with Crippen LogP contribution in [0.1, 0.15) is 15.4 Å². The summed E-state index contributed by atoms with van der Waals surface area (Å²) in [4.78, 5) is 20.2. The highest BCUT2D eigenvalue weighted by Crippen LogP contribution is 2.29. The van der Waals surface area contributed by atoms with Gasteiger partial charge in [-0.1, -0.05) is 23.7 Å². The molecule has 4 rings (SSSR count). The number of nitrogens with one attached hydrogen (secondary N) is 1. The number of aromatic nitrogens is 1. The topological polar surface area (TPSA) is 54.5 Å². The molecule has 5 nitrogen and oxygen atoms in total. The van der Waals surface area contributed by atoms with E-state index < -0.39 is 0 Å². The highest BCUT2D eigenvalue weighted by Gasteiger charge is 2.17. The SMILES string of the molecule is Cc1nc(-c2ccc(Cl)cc2)sc1C(=O)Nc1ccc(N2CCOCC2)cc1. The zero-order valence-electron chi connectivity index (χ0n) is 15.4. The number of carbonyl (C=O) groups excluding carboxylic acids is 1. The van der Waals surface area contributed by atoms with Gasteiger partial charge in [-0.05, 0) is 43.3 Å². The van der Waals surface area contributed by atoms with Gasteiger partial charge >= 0.3 is 0 Å². The Hall–Kier alpha value is -2.41. The van der Waals surface area contributed by atoms with Crippen LogP contribution >= 0.6 is 22.9 Å². The van der Waals surface area contributed by atoms with Crippen molar-refractivity contribution in [1.29, 1.82) is 0 Å². The molecular weight excluding hydrogens is 394 g/mol. The second-order valence-corrected chi connectivity index (χ2v) is 7.98. The molecule has 0 aliphatic carbocycles. The Bertz CT molecular complexity index is 964. The molecule has 144 valence electrons. The molecule has 1 amide bonds. The molecule has 0 spiro atoms. The molecule has 1 aromatic heterocycles. The summed E-state index contributed by atoms with van der Waals surface area (Å²) in [5.41, 5.74) is 3.58.